The number of hydrogen-bond acceptors (Lipinski definition) is 7. The fourth-order valence-electron chi connectivity index (χ4n) is 4.00. The Hall–Kier alpha value is -4.21. The normalized spacial score (nSPS) is 13.9. The molecule has 0 atom stereocenters. The zero-order valence-corrected chi connectivity index (χ0v) is 19.5. The van der Waals surface area contributed by atoms with Gasteiger partial charge in [-0.3, -0.25) is 9.59 Å². The van der Waals surface area contributed by atoms with Crippen molar-refractivity contribution >= 4 is 11.9 Å². The van der Waals surface area contributed by atoms with Gasteiger partial charge in [0.05, 0.1) is 20.1 Å². The van der Waals surface area contributed by atoms with Crippen LogP contribution in [0.3, 0.4) is 0 Å². The van der Waals surface area contributed by atoms with Crippen LogP contribution in [-0.4, -0.2) is 68.4 Å². The minimum atomic E-state index is -0.932. The van der Waals surface area contributed by atoms with Crippen molar-refractivity contribution in [2.24, 2.45) is 0 Å². The molecule has 182 valence electrons. The van der Waals surface area contributed by atoms with Gasteiger partial charge in [-0.25, -0.2) is 0 Å². The Morgan fingerprint density at radius 1 is 1.17 bits per heavy atom. The monoisotopic (exact) mass is 477 g/mol. The summed E-state index contributed by atoms with van der Waals surface area (Å²) in [7, 11) is 1.62. The number of carboxylic acid groups (broad SMARTS) is 1. The van der Waals surface area contributed by atoms with Gasteiger partial charge in [0.25, 0.3) is 0 Å². The average Bonchev–Trinajstić information content (AvgIpc) is 3.36. The molecule has 1 fully saturated rings. The molecule has 0 unspecified atom stereocenters. The average molecular weight is 478 g/mol. The van der Waals surface area contributed by atoms with E-state index in [-0.39, 0.29) is 25.0 Å². The Kier molecular flexibility index (Phi) is 7.39. The molecule has 1 aliphatic rings. The third-order valence-electron chi connectivity index (χ3n) is 5.79. The van der Waals surface area contributed by atoms with E-state index in [9.17, 15) is 9.59 Å². The van der Waals surface area contributed by atoms with E-state index in [0.29, 0.717) is 48.8 Å². The molecule has 1 saturated heterocycles. The van der Waals surface area contributed by atoms with Crippen LogP contribution in [0.2, 0.25) is 0 Å². The zero-order valence-electron chi connectivity index (χ0n) is 19.5. The maximum atomic E-state index is 11.9. The highest BCUT2D eigenvalue weighted by atomic mass is 16.5. The van der Waals surface area contributed by atoms with E-state index >= 15 is 0 Å². The highest BCUT2D eigenvalue weighted by molar-refractivity contribution is 5.87. The lowest BCUT2D eigenvalue weighted by atomic mass is 10.0. The molecule has 0 spiro atoms. The topological polar surface area (TPSA) is 120 Å². The number of carbonyl (C=O) groups excluding carboxylic acids is 1. The molecule has 1 aliphatic heterocycles. The van der Waals surface area contributed by atoms with Gasteiger partial charge in [0.2, 0.25) is 11.7 Å². The van der Waals surface area contributed by atoms with Crippen molar-refractivity contribution in [3.05, 3.63) is 55.1 Å². The summed E-state index contributed by atoms with van der Waals surface area (Å²) >= 11 is 0. The van der Waals surface area contributed by atoms with Gasteiger partial charge in [0.15, 0.2) is 0 Å². The van der Waals surface area contributed by atoms with Crippen molar-refractivity contribution in [1.82, 2.24) is 25.1 Å². The van der Waals surface area contributed by atoms with Crippen molar-refractivity contribution in [3.8, 4) is 34.0 Å². The minimum Gasteiger partial charge on any atom is -0.496 e. The van der Waals surface area contributed by atoms with Crippen molar-refractivity contribution < 1.29 is 24.2 Å². The molecular formula is C25H27N5O5. The Labute approximate surface area is 202 Å². The van der Waals surface area contributed by atoms with Gasteiger partial charge in [-0.2, -0.15) is 4.80 Å². The number of aryl methyl sites for hydroxylation is 1. The van der Waals surface area contributed by atoms with Crippen LogP contribution < -0.4 is 9.47 Å². The quantitative estimate of drug-likeness (QED) is 0.467. The predicted octanol–water partition coefficient (Wildman–Crippen LogP) is 3.05. The molecule has 2 aromatic carbocycles. The number of ether oxygens (including phenoxy) is 2. The van der Waals surface area contributed by atoms with Crippen LogP contribution in [0, 0.1) is 0 Å². The van der Waals surface area contributed by atoms with Crippen LogP contribution in [0.4, 0.5) is 0 Å². The summed E-state index contributed by atoms with van der Waals surface area (Å²) in [6.07, 6.45) is 2.59. The number of para-hydroxylation sites is 1. The first-order chi connectivity index (χ1) is 17.0. The standard InChI is InChI=1S/C25H27N5O5/c1-3-23(31)29-11-8-19(9-12-29)35-20-15-17(21-6-4-5-7-22(21)34-2)14-18(16-20)25-26-28-30(27-25)13-10-24(32)33/h3-7,14-16,19H,1,8-13H2,2H3,(H,32,33). The third-order valence-corrected chi connectivity index (χ3v) is 5.79. The Morgan fingerprint density at radius 2 is 1.91 bits per heavy atom. The lowest BCUT2D eigenvalue weighted by Crippen LogP contribution is -2.41. The largest absolute Gasteiger partial charge is 0.496 e. The number of carbonyl (C=O) groups is 2. The van der Waals surface area contributed by atoms with Gasteiger partial charge >= 0.3 is 5.97 Å². The summed E-state index contributed by atoms with van der Waals surface area (Å²) in [5.74, 6) is 0.714. The van der Waals surface area contributed by atoms with E-state index in [4.69, 9.17) is 14.6 Å². The summed E-state index contributed by atoms with van der Waals surface area (Å²) in [5.41, 5.74) is 2.42. The fourth-order valence-corrected chi connectivity index (χ4v) is 4.00. The summed E-state index contributed by atoms with van der Waals surface area (Å²) in [6, 6.07) is 13.4. The number of carboxylic acids is 1. The number of nitrogens with zero attached hydrogens (tertiary/aromatic N) is 5. The van der Waals surface area contributed by atoms with E-state index in [0.717, 1.165) is 11.1 Å². The van der Waals surface area contributed by atoms with E-state index < -0.39 is 5.97 Å². The summed E-state index contributed by atoms with van der Waals surface area (Å²) in [5, 5.41) is 21.4. The van der Waals surface area contributed by atoms with E-state index in [1.165, 1.54) is 10.9 Å². The lowest BCUT2D eigenvalue weighted by Gasteiger charge is -2.31. The van der Waals surface area contributed by atoms with Crippen molar-refractivity contribution in [2.75, 3.05) is 20.2 Å². The lowest BCUT2D eigenvalue weighted by molar-refractivity contribution is -0.137. The Bertz CT molecular complexity index is 1220. The Balaban J connectivity index is 1.63. The number of methoxy groups -OCH3 is 1. The van der Waals surface area contributed by atoms with Crippen LogP contribution in [-0.2, 0) is 16.1 Å². The number of rotatable bonds is 9. The second kappa shape index (κ2) is 10.8. The summed E-state index contributed by atoms with van der Waals surface area (Å²) in [6.45, 7) is 4.89. The number of aromatic nitrogens is 4. The number of tetrazole rings is 1. The maximum Gasteiger partial charge on any atom is 0.305 e. The molecule has 10 heteroatoms. The number of amides is 1. The maximum absolute atomic E-state index is 11.9. The van der Waals surface area contributed by atoms with Crippen LogP contribution in [0.25, 0.3) is 22.5 Å². The van der Waals surface area contributed by atoms with Crippen LogP contribution in [0.15, 0.2) is 55.1 Å². The van der Waals surface area contributed by atoms with Crippen molar-refractivity contribution in [2.45, 2.75) is 31.9 Å². The number of hydrogen-bond donors (Lipinski definition) is 1. The molecule has 35 heavy (non-hydrogen) atoms. The molecule has 1 aromatic heterocycles. The van der Waals surface area contributed by atoms with Gasteiger partial charge in [-0.1, -0.05) is 24.8 Å². The third kappa shape index (κ3) is 5.84. The molecule has 4 rings (SSSR count). The van der Waals surface area contributed by atoms with Crippen LogP contribution >= 0.6 is 0 Å². The molecule has 0 bridgehead atoms. The summed E-state index contributed by atoms with van der Waals surface area (Å²) in [4.78, 5) is 25.8. The van der Waals surface area contributed by atoms with Crippen LogP contribution in [0.5, 0.6) is 11.5 Å². The van der Waals surface area contributed by atoms with Gasteiger partial charge < -0.3 is 19.5 Å². The number of aliphatic carboxylic acids is 1. The van der Waals surface area contributed by atoms with Crippen molar-refractivity contribution in [3.63, 3.8) is 0 Å². The smallest absolute Gasteiger partial charge is 0.305 e. The van der Waals surface area contributed by atoms with Crippen LogP contribution in [0.1, 0.15) is 19.3 Å². The minimum absolute atomic E-state index is 0.0520. The molecule has 1 amide bonds. The SMILES string of the molecule is C=CC(=O)N1CCC(Oc2cc(-c3nnn(CCC(=O)O)n3)cc(-c3ccccc3OC)c2)CC1. The van der Waals surface area contributed by atoms with E-state index in [1.807, 2.05) is 42.5 Å². The predicted molar refractivity (Wildman–Crippen MR) is 128 cm³/mol. The number of benzene rings is 2. The number of piperidine rings is 1. The molecule has 1 N–H and O–H groups in total. The fraction of sp³-hybridized carbons (Fsp3) is 0.320. The first kappa shape index (κ1) is 23.9. The van der Waals surface area contributed by atoms with Gasteiger partial charge in [-0.05, 0) is 41.1 Å². The van der Waals surface area contributed by atoms with Gasteiger partial charge in [0.1, 0.15) is 17.6 Å². The molecular weight excluding hydrogens is 450 g/mol. The molecule has 10 nitrogen and oxygen atoms in total. The number of likely N-dealkylation sites (tertiary alicyclic amines) is 1. The molecule has 0 radical (unpaired) electrons. The molecule has 0 aliphatic carbocycles. The zero-order chi connectivity index (χ0) is 24.8. The van der Waals surface area contributed by atoms with Crippen molar-refractivity contribution in [1.29, 1.82) is 0 Å². The van der Waals surface area contributed by atoms with Gasteiger partial charge in [0, 0.05) is 37.1 Å². The first-order valence-electron chi connectivity index (χ1n) is 11.3. The molecule has 2 heterocycles. The highest BCUT2D eigenvalue weighted by Crippen LogP contribution is 2.35. The van der Waals surface area contributed by atoms with E-state index in [2.05, 4.69) is 22.0 Å². The highest BCUT2D eigenvalue weighted by Gasteiger charge is 2.23. The molecule has 0 saturated carbocycles. The Morgan fingerprint density at radius 3 is 2.63 bits per heavy atom. The molecule has 3 aromatic rings. The summed E-state index contributed by atoms with van der Waals surface area (Å²) < 4.78 is 11.9. The second-order valence-electron chi connectivity index (χ2n) is 8.15. The van der Waals surface area contributed by atoms with E-state index in [1.54, 1.807) is 12.0 Å². The second-order valence-corrected chi connectivity index (χ2v) is 8.15. The first-order valence-corrected chi connectivity index (χ1v) is 11.3. The van der Waals surface area contributed by atoms with Gasteiger partial charge in [-0.15, -0.1) is 10.2 Å².